The van der Waals surface area contributed by atoms with Gasteiger partial charge in [0.25, 0.3) is 0 Å². The summed E-state index contributed by atoms with van der Waals surface area (Å²) >= 11 is 0. The molecule has 0 aliphatic rings. The number of rotatable bonds is 4. The molecule has 1 amide bonds. The Morgan fingerprint density at radius 3 is 2.04 bits per heavy atom. The third-order valence-corrected chi connectivity index (χ3v) is 2.55. The van der Waals surface area contributed by atoms with E-state index in [4.69, 9.17) is 4.74 Å². The molecule has 0 radical (unpaired) electrons. The van der Waals surface area contributed by atoms with Gasteiger partial charge in [-0.1, -0.05) is 0 Å². The average molecular weight is 315 g/mol. The molecule has 0 aliphatic carbocycles. The lowest BCUT2D eigenvalue weighted by Gasteiger charge is -2.22. The summed E-state index contributed by atoms with van der Waals surface area (Å²) in [5, 5.41) is 2.47. The number of alkyl carbamates (subject to hydrolysis) is 1. The van der Waals surface area contributed by atoms with Crippen molar-refractivity contribution in [1.82, 2.24) is 25.3 Å². The number of aromatic nitrogens is 4. The van der Waals surface area contributed by atoms with E-state index in [0.717, 1.165) is 0 Å². The molecule has 8 heteroatoms. The molecule has 2 heterocycles. The summed E-state index contributed by atoms with van der Waals surface area (Å²) in [5.74, 6) is -0.431. The Hall–Kier alpha value is -2.90. The third kappa shape index (κ3) is 4.80. The molecule has 0 aliphatic heterocycles. The van der Waals surface area contributed by atoms with Gasteiger partial charge in [0.2, 0.25) is 5.78 Å². The number of hydrogen-bond acceptors (Lipinski definition) is 7. The van der Waals surface area contributed by atoms with Gasteiger partial charge in [-0.2, -0.15) is 0 Å². The lowest BCUT2D eigenvalue weighted by molar-refractivity contribution is 0.0487. The minimum Gasteiger partial charge on any atom is -0.444 e. The average Bonchev–Trinajstić information content (AvgIpc) is 2.52. The van der Waals surface area contributed by atoms with Crippen molar-refractivity contribution in [2.24, 2.45) is 0 Å². The maximum atomic E-state index is 12.6. The Labute approximate surface area is 133 Å². The molecule has 120 valence electrons. The van der Waals surface area contributed by atoms with Crippen molar-refractivity contribution in [2.45, 2.75) is 32.4 Å². The van der Waals surface area contributed by atoms with Crippen LogP contribution in [0.2, 0.25) is 0 Å². The van der Waals surface area contributed by atoms with Gasteiger partial charge in [-0.25, -0.2) is 24.7 Å². The normalized spacial score (nSPS) is 12.3. The predicted octanol–water partition coefficient (Wildman–Crippen LogP) is 1.72. The van der Waals surface area contributed by atoms with Crippen LogP contribution in [0.25, 0.3) is 0 Å². The summed E-state index contributed by atoms with van der Waals surface area (Å²) in [6.45, 7) is 5.17. The van der Waals surface area contributed by atoms with Crippen LogP contribution in [0.3, 0.4) is 0 Å². The highest BCUT2D eigenvalue weighted by Gasteiger charge is 2.30. The third-order valence-electron chi connectivity index (χ3n) is 2.55. The van der Waals surface area contributed by atoms with Crippen LogP contribution in [-0.4, -0.2) is 37.4 Å². The highest BCUT2D eigenvalue weighted by molar-refractivity contribution is 5.98. The number of carbonyl (C=O) groups is 2. The lowest BCUT2D eigenvalue weighted by Crippen LogP contribution is -2.39. The van der Waals surface area contributed by atoms with Crippen molar-refractivity contribution in [2.75, 3.05) is 0 Å². The largest absolute Gasteiger partial charge is 0.444 e. The summed E-state index contributed by atoms with van der Waals surface area (Å²) in [6.07, 6.45) is 5.09. The maximum Gasteiger partial charge on any atom is 0.408 e. The van der Waals surface area contributed by atoms with E-state index in [1.165, 1.54) is 24.8 Å². The van der Waals surface area contributed by atoms with Crippen LogP contribution in [0.5, 0.6) is 0 Å². The Morgan fingerprint density at radius 1 is 1.00 bits per heavy atom. The van der Waals surface area contributed by atoms with E-state index in [0.29, 0.717) is 0 Å². The zero-order valence-corrected chi connectivity index (χ0v) is 13.1. The molecule has 0 aromatic carbocycles. The first-order chi connectivity index (χ1) is 10.9. The molecule has 1 N–H and O–H groups in total. The zero-order valence-electron chi connectivity index (χ0n) is 13.1. The number of nitrogens with zero attached hydrogens (tertiary/aromatic N) is 4. The van der Waals surface area contributed by atoms with Crippen molar-refractivity contribution >= 4 is 11.9 Å². The second-order valence-electron chi connectivity index (χ2n) is 5.62. The van der Waals surface area contributed by atoms with Crippen LogP contribution >= 0.6 is 0 Å². The molecule has 0 fully saturated rings. The lowest BCUT2D eigenvalue weighted by atomic mass is 10.1. The van der Waals surface area contributed by atoms with Crippen molar-refractivity contribution in [3.05, 3.63) is 48.6 Å². The first kappa shape index (κ1) is 16.5. The molecule has 0 saturated carbocycles. The van der Waals surface area contributed by atoms with Crippen LogP contribution in [-0.2, 0) is 4.74 Å². The van der Waals surface area contributed by atoms with E-state index in [2.05, 4.69) is 25.3 Å². The predicted molar refractivity (Wildman–Crippen MR) is 80.5 cm³/mol. The van der Waals surface area contributed by atoms with Crippen molar-refractivity contribution in [3.63, 3.8) is 0 Å². The van der Waals surface area contributed by atoms with E-state index >= 15 is 0 Å². The summed E-state index contributed by atoms with van der Waals surface area (Å²) in [4.78, 5) is 40.4. The number of ketones is 1. The molecule has 1 atom stereocenters. The SMILES string of the molecule is CC(C)(C)OC(=O)NC(C(=O)c1ncccn1)c1ncccn1. The molecule has 0 saturated heterocycles. The molecule has 8 nitrogen and oxygen atoms in total. The molecule has 2 rings (SSSR count). The van der Waals surface area contributed by atoms with E-state index in [-0.39, 0.29) is 11.6 Å². The highest BCUT2D eigenvalue weighted by atomic mass is 16.6. The van der Waals surface area contributed by atoms with Crippen molar-refractivity contribution in [1.29, 1.82) is 0 Å². The molecule has 0 spiro atoms. The van der Waals surface area contributed by atoms with Gasteiger partial charge < -0.3 is 10.1 Å². The van der Waals surface area contributed by atoms with Crippen LogP contribution in [0.4, 0.5) is 4.79 Å². The van der Waals surface area contributed by atoms with Crippen molar-refractivity contribution in [3.8, 4) is 0 Å². The van der Waals surface area contributed by atoms with Crippen LogP contribution in [0.1, 0.15) is 43.3 Å². The smallest absolute Gasteiger partial charge is 0.408 e. The fraction of sp³-hybridized carbons (Fsp3) is 0.333. The van der Waals surface area contributed by atoms with Gasteiger partial charge in [0, 0.05) is 24.8 Å². The maximum absolute atomic E-state index is 12.6. The van der Waals surface area contributed by atoms with E-state index < -0.39 is 23.5 Å². The van der Waals surface area contributed by atoms with Crippen LogP contribution in [0, 0.1) is 0 Å². The van der Waals surface area contributed by atoms with Crippen molar-refractivity contribution < 1.29 is 14.3 Å². The van der Waals surface area contributed by atoms with Gasteiger partial charge in [-0.15, -0.1) is 0 Å². The monoisotopic (exact) mass is 315 g/mol. The molecule has 23 heavy (non-hydrogen) atoms. The molecule has 1 unspecified atom stereocenters. The van der Waals surface area contributed by atoms with Gasteiger partial charge in [0.15, 0.2) is 17.7 Å². The second-order valence-corrected chi connectivity index (χ2v) is 5.62. The highest BCUT2D eigenvalue weighted by Crippen LogP contribution is 2.14. The van der Waals surface area contributed by atoms with E-state index in [9.17, 15) is 9.59 Å². The number of amides is 1. The fourth-order valence-electron chi connectivity index (χ4n) is 1.69. The Balaban J connectivity index is 2.26. The Kier molecular flexibility index (Phi) is 4.95. The minimum atomic E-state index is -1.13. The quantitative estimate of drug-likeness (QED) is 0.856. The number of Topliss-reactive ketones (excluding diaryl/α,β-unsaturated/α-hetero) is 1. The van der Waals surface area contributed by atoms with E-state index in [1.54, 1.807) is 32.9 Å². The Bertz CT molecular complexity index is 671. The van der Waals surface area contributed by atoms with Crippen LogP contribution < -0.4 is 5.32 Å². The Morgan fingerprint density at radius 2 is 1.52 bits per heavy atom. The molecular weight excluding hydrogens is 298 g/mol. The number of carbonyl (C=O) groups excluding carboxylic acids is 2. The van der Waals surface area contributed by atoms with Gasteiger partial charge in [0.1, 0.15) is 5.60 Å². The summed E-state index contributed by atoms with van der Waals surface area (Å²) in [7, 11) is 0. The first-order valence-electron chi connectivity index (χ1n) is 6.94. The van der Waals surface area contributed by atoms with Gasteiger partial charge >= 0.3 is 6.09 Å². The first-order valence-corrected chi connectivity index (χ1v) is 6.94. The zero-order chi connectivity index (χ0) is 16.9. The number of ether oxygens (including phenoxy) is 1. The van der Waals surface area contributed by atoms with Crippen LogP contribution in [0.15, 0.2) is 36.9 Å². The van der Waals surface area contributed by atoms with Gasteiger partial charge in [0.05, 0.1) is 0 Å². The molecular formula is C15H17N5O3. The molecule has 2 aromatic rings. The summed E-state index contributed by atoms with van der Waals surface area (Å²) in [6, 6.07) is 2.07. The minimum absolute atomic E-state index is 0.0407. The standard InChI is InChI=1S/C15H17N5O3/c1-15(2,3)23-14(22)20-10(12-16-6-4-7-17-12)11(21)13-18-8-5-9-19-13/h4-10H,1-3H3,(H,20,22). The fourth-order valence-corrected chi connectivity index (χ4v) is 1.69. The number of hydrogen-bond donors (Lipinski definition) is 1. The topological polar surface area (TPSA) is 107 Å². The molecule has 0 bridgehead atoms. The summed E-state index contributed by atoms with van der Waals surface area (Å²) in [5.41, 5.74) is -0.696. The summed E-state index contributed by atoms with van der Waals surface area (Å²) < 4.78 is 5.18. The van der Waals surface area contributed by atoms with E-state index in [1.807, 2.05) is 0 Å². The van der Waals surface area contributed by atoms with Gasteiger partial charge in [-0.05, 0) is 32.9 Å². The number of nitrogens with one attached hydrogen (secondary N) is 1. The second kappa shape index (κ2) is 6.91. The van der Waals surface area contributed by atoms with Gasteiger partial charge in [-0.3, -0.25) is 4.79 Å². The molecule has 2 aromatic heterocycles.